The highest BCUT2D eigenvalue weighted by molar-refractivity contribution is 7.99. The first-order valence-electron chi connectivity index (χ1n) is 13.1. The maximum absolute atomic E-state index is 13.9. The number of fused-ring (bicyclic) bond motifs is 1. The Morgan fingerprint density at radius 2 is 1.90 bits per heavy atom. The van der Waals surface area contributed by atoms with E-state index in [9.17, 15) is 4.79 Å². The van der Waals surface area contributed by atoms with Gasteiger partial charge in [0.2, 0.25) is 11.1 Å². The molecule has 1 aromatic heterocycles. The van der Waals surface area contributed by atoms with E-state index in [1.54, 1.807) is 16.8 Å². The van der Waals surface area contributed by atoms with Crippen molar-refractivity contribution in [1.29, 1.82) is 0 Å². The summed E-state index contributed by atoms with van der Waals surface area (Å²) < 4.78 is 13.6. The summed E-state index contributed by atoms with van der Waals surface area (Å²) in [4.78, 5) is 18.6. The lowest BCUT2D eigenvalue weighted by Gasteiger charge is -2.29. The molecule has 0 saturated carbocycles. The normalized spacial score (nSPS) is 14.3. The van der Waals surface area contributed by atoms with Crippen LogP contribution in [0.15, 0.2) is 83.2 Å². The molecule has 0 spiro atoms. The van der Waals surface area contributed by atoms with Crippen LogP contribution in [0.25, 0.3) is 0 Å². The number of para-hydroxylation sites is 2. The molecule has 1 unspecified atom stereocenters. The van der Waals surface area contributed by atoms with Crippen molar-refractivity contribution in [2.75, 3.05) is 23.0 Å². The van der Waals surface area contributed by atoms with E-state index in [0.29, 0.717) is 56.2 Å². The van der Waals surface area contributed by atoms with Crippen LogP contribution >= 0.6 is 35.0 Å². The number of carbonyl (C=O) groups is 1. The summed E-state index contributed by atoms with van der Waals surface area (Å²) in [6, 6.07) is 19.7. The SMILES string of the molecule is CCOc1ccccc1NC(=O)C1=C(C)Nc2nc(SCC)nn2C1c1cccc(OCc2ccc(Cl)cc2Cl)c1. The van der Waals surface area contributed by atoms with Crippen LogP contribution in [-0.4, -0.2) is 33.0 Å². The number of rotatable bonds is 10. The van der Waals surface area contributed by atoms with Crippen LogP contribution in [0, 0.1) is 0 Å². The topological polar surface area (TPSA) is 90.3 Å². The molecule has 8 nitrogen and oxygen atoms in total. The van der Waals surface area contributed by atoms with E-state index in [1.807, 2.05) is 75.4 Å². The second-order valence-electron chi connectivity index (χ2n) is 9.14. The monoisotopic (exact) mass is 609 g/mol. The van der Waals surface area contributed by atoms with Gasteiger partial charge in [0.1, 0.15) is 24.1 Å². The number of allylic oxidation sites excluding steroid dienone is 1. The smallest absolute Gasteiger partial charge is 0.255 e. The van der Waals surface area contributed by atoms with Crippen molar-refractivity contribution in [1.82, 2.24) is 14.8 Å². The number of thioether (sulfide) groups is 1. The zero-order valence-electron chi connectivity index (χ0n) is 22.8. The van der Waals surface area contributed by atoms with E-state index in [1.165, 1.54) is 11.8 Å². The van der Waals surface area contributed by atoms with Crippen LogP contribution in [-0.2, 0) is 11.4 Å². The number of aromatic nitrogens is 3. The number of halogens is 2. The Kier molecular flexibility index (Phi) is 9.07. The summed E-state index contributed by atoms with van der Waals surface area (Å²) in [5.74, 6) is 2.32. The molecule has 1 aliphatic heterocycles. The fraction of sp³-hybridized carbons (Fsp3) is 0.233. The van der Waals surface area contributed by atoms with E-state index in [2.05, 4.69) is 15.6 Å². The highest BCUT2D eigenvalue weighted by atomic mass is 35.5. The van der Waals surface area contributed by atoms with E-state index >= 15 is 0 Å². The number of hydrogen-bond acceptors (Lipinski definition) is 7. The van der Waals surface area contributed by atoms with Crippen molar-refractivity contribution in [3.63, 3.8) is 0 Å². The molecule has 0 fully saturated rings. The molecule has 4 aromatic rings. The lowest BCUT2D eigenvalue weighted by molar-refractivity contribution is -0.113. The van der Waals surface area contributed by atoms with Gasteiger partial charge >= 0.3 is 0 Å². The Morgan fingerprint density at radius 1 is 1.07 bits per heavy atom. The Morgan fingerprint density at radius 3 is 2.68 bits per heavy atom. The molecule has 212 valence electrons. The van der Waals surface area contributed by atoms with Crippen LogP contribution in [0.3, 0.4) is 0 Å². The van der Waals surface area contributed by atoms with Gasteiger partial charge in [-0.15, -0.1) is 5.10 Å². The first-order valence-corrected chi connectivity index (χ1v) is 14.9. The largest absolute Gasteiger partial charge is 0.492 e. The summed E-state index contributed by atoms with van der Waals surface area (Å²) >= 11 is 13.9. The van der Waals surface area contributed by atoms with Crippen molar-refractivity contribution >= 4 is 52.5 Å². The molecule has 0 bridgehead atoms. The molecule has 41 heavy (non-hydrogen) atoms. The molecule has 2 heterocycles. The minimum absolute atomic E-state index is 0.258. The minimum Gasteiger partial charge on any atom is -0.492 e. The third-order valence-electron chi connectivity index (χ3n) is 6.37. The van der Waals surface area contributed by atoms with Gasteiger partial charge in [-0.2, -0.15) is 4.98 Å². The molecule has 5 rings (SSSR count). The zero-order valence-corrected chi connectivity index (χ0v) is 25.1. The van der Waals surface area contributed by atoms with Crippen LogP contribution < -0.4 is 20.1 Å². The summed E-state index contributed by atoms with van der Waals surface area (Å²) in [6.07, 6.45) is 0. The molecular formula is C30H29Cl2N5O3S. The summed E-state index contributed by atoms with van der Waals surface area (Å²) in [5, 5.41) is 12.8. The predicted octanol–water partition coefficient (Wildman–Crippen LogP) is 7.60. The number of amides is 1. The van der Waals surface area contributed by atoms with Gasteiger partial charge in [0, 0.05) is 21.3 Å². The Labute approximate surface area is 253 Å². The number of anilines is 2. The van der Waals surface area contributed by atoms with Crippen molar-refractivity contribution in [3.05, 3.63) is 99.2 Å². The fourth-order valence-corrected chi connectivity index (χ4v) is 5.56. The number of ether oxygens (including phenoxy) is 2. The average molecular weight is 611 g/mol. The standard InChI is InChI=1S/C30H29Cl2N5O3S/c1-4-39-25-12-7-6-11-24(25)34-28(38)26-18(3)33-29-35-30(41-5-2)36-37(29)27(26)19-9-8-10-22(15-19)40-17-20-13-14-21(31)16-23(20)32/h6-16,27H,4-5,17H2,1-3H3,(H,34,38)(H,33,35,36). The number of hydrogen-bond donors (Lipinski definition) is 2. The molecule has 1 amide bonds. The van der Waals surface area contributed by atoms with Gasteiger partial charge in [-0.25, -0.2) is 4.68 Å². The minimum atomic E-state index is -0.563. The van der Waals surface area contributed by atoms with Crippen molar-refractivity contribution in [2.24, 2.45) is 0 Å². The number of benzene rings is 3. The predicted molar refractivity (Wildman–Crippen MR) is 164 cm³/mol. The third kappa shape index (κ3) is 6.48. The average Bonchev–Trinajstić information content (AvgIpc) is 3.35. The first-order chi connectivity index (χ1) is 19.9. The van der Waals surface area contributed by atoms with Crippen LogP contribution in [0.4, 0.5) is 11.6 Å². The first kappa shape index (κ1) is 28.9. The van der Waals surface area contributed by atoms with Crippen LogP contribution in [0.2, 0.25) is 10.0 Å². The molecule has 11 heteroatoms. The van der Waals surface area contributed by atoms with E-state index in [4.69, 9.17) is 37.8 Å². The summed E-state index contributed by atoms with van der Waals surface area (Å²) in [7, 11) is 0. The van der Waals surface area contributed by atoms with Crippen LogP contribution in [0.5, 0.6) is 11.5 Å². The number of nitrogens with zero attached hydrogens (tertiary/aromatic N) is 3. The van der Waals surface area contributed by atoms with Crippen LogP contribution in [0.1, 0.15) is 37.9 Å². The Bertz CT molecular complexity index is 1610. The fourth-order valence-electron chi connectivity index (χ4n) is 4.54. The third-order valence-corrected chi connectivity index (χ3v) is 7.68. The number of carbonyl (C=O) groups excluding carboxylic acids is 1. The van der Waals surface area contributed by atoms with Gasteiger partial charge in [0.25, 0.3) is 5.91 Å². The van der Waals surface area contributed by atoms with Gasteiger partial charge < -0.3 is 20.1 Å². The second-order valence-corrected chi connectivity index (χ2v) is 11.2. The van der Waals surface area contributed by atoms with Gasteiger partial charge in [-0.1, -0.05) is 72.2 Å². The molecule has 2 N–H and O–H groups in total. The lowest BCUT2D eigenvalue weighted by atomic mass is 9.94. The molecular weight excluding hydrogens is 581 g/mol. The maximum atomic E-state index is 13.9. The lowest BCUT2D eigenvalue weighted by Crippen LogP contribution is -2.31. The quantitative estimate of drug-likeness (QED) is 0.179. The van der Waals surface area contributed by atoms with Gasteiger partial charge in [0.05, 0.1) is 17.9 Å². The Hall–Kier alpha value is -3.66. The van der Waals surface area contributed by atoms with Gasteiger partial charge in [-0.3, -0.25) is 4.79 Å². The highest BCUT2D eigenvalue weighted by Gasteiger charge is 2.35. The zero-order chi connectivity index (χ0) is 28.9. The molecule has 0 saturated heterocycles. The molecule has 1 aliphatic rings. The van der Waals surface area contributed by atoms with Crippen molar-refractivity contribution < 1.29 is 14.3 Å². The summed E-state index contributed by atoms with van der Waals surface area (Å²) in [6.45, 7) is 6.55. The molecule has 1 atom stereocenters. The van der Waals surface area contributed by atoms with Crippen molar-refractivity contribution in [2.45, 2.75) is 38.6 Å². The van der Waals surface area contributed by atoms with Gasteiger partial charge in [-0.05, 0) is 61.6 Å². The van der Waals surface area contributed by atoms with Gasteiger partial charge in [0.15, 0.2) is 0 Å². The highest BCUT2D eigenvalue weighted by Crippen LogP contribution is 2.38. The van der Waals surface area contributed by atoms with Crippen molar-refractivity contribution in [3.8, 4) is 11.5 Å². The molecule has 0 radical (unpaired) electrons. The van der Waals surface area contributed by atoms with E-state index < -0.39 is 6.04 Å². The summed E-state index contributed by atoms with van der Waals surface area (Å²) in [5.41, 5.74) is 3.38. The number of nitrogens with one attached hydrogen (secondary N) is 2. The van der Waals surface area contributed by atoms with E-state index in [0.717, 1.165) is 16.9 Å². The Balaban J connectivity index is 1.50. The second kappa shape index (κ2) is 12.9. The van der Waals surface area contributed by atoms with E-state index in [-0.39, 0.29) is 12.5 Å². The molecule has 0 aliphatic carbocycles. The molecule has 3 aromatic carbocycles. The maximum Gasteiger partial charge on any atom is 0.255 e.